The average molecular weight is 747 g/mol. The quantitative estimate of drug-likeness (QED) is 0.169. The predicted octanol–water partition coefficient (Wildman–Crippen LogP) is 16.1. The lowest BCUT2D eigenvalue weighted by molar-refractivity contribution is 0.573. The summed E-state index contributed by atoms with van der Waals surface area (Å²) in [5.74, 6) is 0. The Morgan fingerprint density at radius 2 is 0.845 bits per heavy atom. The van der Waals surface area contributed by atoms with Gasteiger partial charge in [-0.05, 0) is 147 Å². The van der Waals surface area contributed by atoms with E-state index >= 15 is 0 Å². The van der Waals surface area contributed by atoms with Gasteiger partial charge < -0.3 is 14.2 Å². The van der Waals surface area contributed by atoms with Crippen molar-refractivity contribution in [2.24, 2.45) is 0 Å². The zero-order valence-corrected chi connectivity index (χ0v) is 33.1. The van der Waals surface area contributed by atoms with E-state index in [4.69, 9.17) is 4.42 Å². The monoisotopic (exact) mass is 746 g/mol. The number of para-hydroxylation sites is 5. The zero-order valence-electron chi connectivity index (χ0n) is 33.1. The Balaban J connectivity index is 1.03. The molecule has 0 bridgehead atoms. The number of hydrogen-bond donors (Lipinski definition) is 0. The van der Waals surface area contributed by atoms with Crippen LogP contribution in [0.4, 0.5) is 34.1 Å². The molecular formula is C55H42N2O. The minimum atomic E-state index is -0.0520. The summed E-state index contributed by atoms with van der Waals surface area (Å²) in [5.41, 5.74) is 16.1. The Bertz CT molecular complexity index is 3230. The van der Waals surface area contributed by atoms with E-state index in [9.17, 15) is 0 Å². The SMILES string of the molecule is Cc1ccccc1N(c1ccccc1)c1ccc2cc3c(cc2c1)-c1cc2cc(N(c4ccccc4)c4cccc5c4oc4c(C(C)(C)C)cccc45)ccc2cc1-3. The molecule has 278 valence electrons. The average Bonchev–Trinajstić information content (AvgIpc) is 3.63. The third-order valence-corrected chi connectivity index (χ3v) is 12.0. The topological polar surface area (TPSA) is 19.6 Å². The normalized spacial score (nSPS) is 12.1. The number of rotatable bonds is 6. The molecule has 3 heteroatoms. The van der Waals surface area contributed by atoms with E-state index in [2.05, 4.69) is 219 Å². The summed E-state index contributed by atoms with van der Waals surface area (Å²) < 4.78 is 6.91. The van der Waals surface area contributed by atoms with Crippen LogP contribution in [0.25, 0.3) is 65.7 Å². The molecule has 10 aromatic rings. The van der Waals surface area contributed by atoms with Gasteiger partial charge in [-0.3, -0.25) is 0 Å². The minimum Gasteiger partial charge on any atom is -0.454 e. The number of benzene rings is 9. The number of nitrogens with zero attached hydrogens (tertiary/aromatic N) is 2. The van der Waals surface area contributed by atoms with Crippen LogP contribution in [0, 0.1) is 6.92 Å². The standard InChI is InChI=1S/C55H42N2O/c1-35-15-11-12-23-51(35)56(40-16-7-5-8-17-40)42-27-25-36-31-46-47-32-37-26-28-43(30-39(37)34-49(47)48(46)33-38(36)29-42)57(41-18-9-6-10-19-41)52-24-14-21-45-44-20-13-22-50(55(2,3)4)53(44)58-54(45)52/h5-34H,1-4H3. The highest BCUT2D eigenvalue weighted by Crippen LogP contribution is 2.52. The molecule has 0 aliphatic heterocycles. The number of aryl methyl sites for hydroxylation is 1. The molecule has 1 heterocycles. The van der Waals surface area contributed by atoms with Gasteiger partial charge in [-0.15, -0.1) is 0 Å². The van der Waals surface area contributed by atoms with E-state index in [0.717, 1.165) is 50.4 Å². The first-order valence-corrected chi connectivity index (χ1v) is 20.2. The molecule has 0 saturated carbocycles. The van der Waals surface area contributed by atoms with Gasteiger partial charge in [0.1, 0.15) is 5.58 Å². The van der Waals surface area contributed by atoms with Crippen LogP contribution in [0.1, 0.15) is 31.9 Å². The van der Waals surface area contributed by atoms with Crippen LogP contribution < -0.4 is 9.80 Å². The molecule has 3 nitrogen and oxygen atoms in total. The molecule has 0 spiro atoms. The van der Waals surface area contributed by atoms with Crippen LogP contribution in [0.2, 0.25) is 0 Å². The highest BCUT2D eigenvalue weighted by molar-refractivity contribution is 6.14. The highest BCUT2D eigenvalue weighted by Gasteiger charge is 2.27. The van der Waals surface area contributed by atoms with Crippen molar-refractivity contribution in [2.75, 3.05) is 9.80 Å². The van der Waals surface area contributed by atoms with Crippen LogP contribution in [-0.2, 0) is 5.41 Å². The molecule has 0 radical (unpaired) electrons. The van der Waals surface area contributed by atoms with Gasteiger partial charge in [0.15, 0.2) is 5.58 Å². The van der Waals surface area contributed by atoms with Crippen LogP contribution in [0.5, 0.6) is 0 Å². The Morgan fingerprint density at radius 1 is 0.379 bits per heavy atom. The Morgan fingerprint density at radius 3 is 1.40 bits per heavy atom. The second-order valence-electron chi connectivity index (χ2n) is 16.7. The van der Waals surface area contributed by atoms with Crippen molar-refractivity contribution in [1.29, 1.82) is 0 Å². The van der Waals surface area contributed by atoms with E-state index in [0.29, 0.717) is 0 Å². The minimum absolute atomic E-state index is 0.0520. The largest absolute Gasteiger partial charge is 0.454 e. The fraction of sp³-hybridized carbons (Fsp3) is 0.0909. The molecule has 0 N–H and O–H groups in total. The smallest absolute Gasteiger partial charge is 0.159 e. The molecule has 0 amide bonds. The summed E-state index contributed by atoms with van der Waals surface area (Å²) in [6.45, 7) is 8.93. The number of fused-ring (bicyclic) bond motifs is 9. The molecular weight excluding hydrogens is 705 g/mol. The van der Waals surface area contributed by atoms with Crippen LogP contribution in [0.3, 0.4) is 0 Å². The zero-order chi connectivity index (χ0) is 39.1. The first-order chi connectivity index (χ1) is 28.3. The molecule has 0 fully saturated rings. The summed E-state index contributed by atoms with van der Waals surface area (Å²) >= 11 is 0. The van der Waals surface area contributed by atoms with Gasteiger partial charge in [0.2, 0.25) is 0 Å². The predicted molar refractivity (Wildman–Crippen MR) is 246 cm³/mol. The first kappa shape index (κ1) is 34.2. The molecule has 1 aliphatic carbocycles. The molecule has 0 unspecified atom stereocenters. The van der Waals surface area contributed by atoms with E-state index in [-0.39, 0.29) is 5.41 Å². The number of anilines is 6. The van der Waals surface area contributed by atoms with Crippen LogP contribution in [0.15, 0.2) is 186 Å². The first-order valence-electron chi connectivity index (χ1n) is 20.2. The maximum Gasteiger partial charge on any atom is 0.159 e. The van der Waals surface area contributed by atoms with Gasteiger partial charge in [0.05, 0.1) is 5.69 Å². The lowest BCUT2D eigenvalue weighted by Crippen LogP contribution is -2.11. The van der Waals surface area contributed by atoms with E-state index in [1.165, 1.54) is 60.6 Å². The second-order valence-corrected chi connectivity index (χ2v) is 16.7. The molecule has 0 atom stereocenters. The van der Waals surface area contributed by atoms with Crippen LogP contribution in [-0.4, -0.2) is 0 Å². The maximum atomic E-state index is 6.91. The van der Waals surface area contributed by atoms with Crippen molar-refractivity contribution in [1.82, 2.24) is 0 Å². The molecule has 58 heavy (non-hydrogen) atoms. The molecule has 1 aliphatic rings. The van der Waals surface area contributed by atoms with E-state index in [1.807, 2.05) is 0 Å². The lowest BCUT2D eigenvalue weighted by atomic mass is 9.78. The van der Waals surface area contributed by atoms with E-state index < -0.39 is 0 Å². The summed E-state index contributed by atoms with van der Waals surface area (Å²) in [4.78, 5) is 4.71. The lowest BCUT2D eigenvalue weighted by Gasteiger charge is -2.29. The Hall–Kier alpha value is -7.10. The van der Waals surface area contributed by atoms with Crippen molar-refractivity contribution in [3.05, 3.63) is 193 Å². The van der Waals surface area contributed by atoms with Crippen LogP contribution >= 0.6 is 0 Å². The van der Waals surface area contributed by atoms with Gasteiger partial charge in [0, 0.05) is 44.8 Å². The molecule has 9 aromatic carbocycles. The van der Waals surface area contributed by atoms with Crippen molar-refractivity contribution < 1.29 is 4.42 Å². The fourth-order valence-corrected chi connectivity index (χ4v) is 9.07. The Labute approximate surface area is 339 Å². The summed E-state index contributed by atoms with van der Waals surface area (Å²) in [7, 11) is 0. The van der Waals surface area contributed by atoms with Crippen molar-refractivity contribution in [3.63, 3.8) is 0 Å². The summed E-state index contributed by atoms with van der Waals surface area (Å²) in [6, 6.07) is 66.2. The van der Waals surface area contributed by atoms with Gasteiger partial charge >= 0.3 is 0 Å². The second kappa shape index (κ2) is 13.0. The van der Waals surface area contributed by atoms with Gasteiger partial charge in [0.25, 0.3) is 0 Å². The summed E-state index contributed by atoms with van der Waals surface area (Å²) in [6.07, 6.45) is 0. The van der Waals surface area contributed by atoms with E-state index in [1.54, 1.807) is 0 Å². The highest BCUT2D eigenvalue weighted by atomic mass is 16.3. The molecule has 11 rings (SSSR count). The third kappa shape index (κ3) is 5.42. The maximum absolute atomic E-state index is 6.91. The van der Waals surface area contributed by atoms with Crippen molar-refractivity contribution in [3.8, 4) is 22.3 Å². The molecule has 1 aromatic heterocycles. The van der Waals surface area contributed by atoms with Gasteiger partial charge in [-0.25, -0.2) is 0 Å². The number of hydrogen-bond acceptors (Lipinski definition) is 3. The number of furan rings is 1. The summed E-state index contributed by atoms with van der Waals surface area (Å²) in [5, 5.41) is 7.18. The fourth-order valence-electron chi connectivity index (χ4n) is 9.07. The van der Waals surface area contributed by atoms with Gasteiger partial charge in [-0.1, -0.05) is 118 Å². The third-order valence-electron chi connectivity index (χ3n) is 12.0. The van der Waals surface area contributed by atoms with Crippen molar-refractivity contribution >= 4 is 77.6 Å². The van der Waals surface area contributed by atoms with Gasteiger partial charge in [-0.2, -0.15) is 0 Å². The van der Waals surface area contributed by atoms with Crippen molar-refractivity contribution in [2.45, 2.75) is 33.1 Å². The molecule has 0 saturated heterocycles. The Kier molecular flexibility index (Phi) is 7.64.